The van der Waals surface area contributed by atoms with Gasteiger partial charge in [0.15, 0.2) is 0 Å². The van der Waals surface area contributed by atoms with Crippen molar-refractivity contribution < 1.29 is 9.59 Å². The van der Waals surface area contributed by atoms with E-state index < -0.39 is 0 Å². The Kier molecular flexibility index (Phi) is 8.05. The standard InChI is InChI=1S/C22H28N4O2.ClH/c1-15-11-12-17(21(27)26-13-7-6-10-20(26)16(2)23)14-19(15)25-22(28)24-18-8-4-3-5-9-18;/h3-5,8-9,11-12,14,16,20H,6-7,10,13,23H2,1-2H3,(H2,24,25,28);1H. The van der Waals surface area contributed by atoms with E-state index in [9.17, 15) is 9.59 Å². The summed E-state index contributed by atoms with van der Waals surface area (Å²) in [6.07, 6.45) is 3.02. The molecule has 3 amide bonds. The molecule has 1 aliphatic rings. The van der Waals surface area contributed by atoms with Gasteiger partial charge in [-0.1, -0.05) is 24.3 Å². The van der Waals surface area contributed by atoms with Crippen molar-refractivity contribution in [3.05, 3.63) is 59.7 Å². The Hall–Kier alpha value is -2.57. The number of nitrogens with zero attached hydrogens (tertiary/aromatic N) is 1. The Morgan fingerprint density at radius 3 is 2.52 bits per heavy atom. The number of carbonyl (C=O) groups excluding carboxylic acids is 2. The fraction of sp³-hybridized carbons (Fsp3) is 0.364. The normalized spacial score (nSPS) is 17.1. The van der Waals surface area contributed by atoms with Crippen LogP contribution in [0.1, 0.15) is 42.1 Å². The van der Waals surface area contributed by atoms with Crippen LogP contribution in [0.3, 0.4) is 0 Å². The van der Waals surface area contributed by atoms with Crippen molar-refractivity contribution in [3.8, 4) is 0 Å². The van der Waals surface area contributed by atoms with E-state index in [2.05, 4.69) is 10.6 Å². The lowest BCUT2D eigenvalue weighted by Crippen LogP contribution is -2.51. The van der Waals surface area contributed by atoms with Gasteiger partial charge in [0, 0.05) is 35.6 Å². The number of rotatable bonds is 4. The van der Waals surface area contributed by atoms with E-state index >= 15 is 0 Å². The van der Waals surface area contributed by atoms with Gasteiger partial charge in [-0.2, -0.15) is 0 Å². The fourth-order valence-electron chi connectivity index (χ4n) is 3.62. The molecule has 2 aromatic carbocycles. The average molecular weight is 417 g/mol. The Labute approximate surface area is 178 Å². The molecule has 156 valence electrons. The predicted octanol–water partition coefficient (Wildman–Crippen LogP) is 4.40. The summed E-state index contributed by atoms with van der Waals surface area (Å²) in [6, 6.07) is 14.3. The van der Waals surface area contributed by atoms with Crippen molar-refractivity contribution in [2.24, 2.45) is 5.73 Å². The van der Waals surface area contributed by atoms with Gasteiger partial charge in [0.1, 0.15) is 0 Å². The van der Waals surface area contributed by atoms with Crippen LogP contribution in [0.2, 0.25) is 0 Å². The first-order chi connectivity index (χ1) is 13.5. The van der Waals surface area contributed by atoms with Crippen LogP contribution in [0.15, 0.2) is 48.5 Å². The van der Waals surface area contributed by atoms with E-state index in [1.165, 1.54) is 0 Å². The molecule has 1 fully saturated rings. The minimum Gasteiger partial charge on any atom is -0.334 e. The van der Waals surface area contributed by atoms with Gasteiger partial charge in [0.05, 0.1) is 0 Å². The van der Waals surface area contributed by atoms with Crippen LogP contribution in [0, 0.1) is 6.92 Å². The summed E-state index contributed by atoms with van der Waals surface area (Å²) in [4.78, 5) is 27.3. The zero-order valence-electron chi connectivity index (χ0n) is 16.9. The lowest BCUT2D eigenvalue weighted by molar-refractivity contribution is 0.0584. The summed E-state index contributed by atoms with van der Waals surface area (Å²) in [6.45, 7) is 4.57. The van der Waals surface area contributed by atoms with Gasteiger partial charge in [0.25, 0.3) is 5.91 Å². The second-order valence-electron chi connectivity index (χ2n) is 7.40. The maximum absolute atomic E-state index is 13.1. The van der Waals surface area contributed by atoms with Crippen LogP contribution >= 0.6 is 12.4 Å². The van der Waals surface area contributed by atoms with E-state index in [4.69, 9.17) is 5.73 Å². The van der Waals surface area contributed by atoms with Gasteiger partial charge in [-0.15, -0.1) is 12.4 Å². The second kappa shape index (κ2) is 10.3. The number of nitrogens with two attached hydrogens (primary N) is 1. The average Bonchev–Trinajstić information content (AvgIpc) is 2.69. The monoisotopic (exact) mass is 416 g/mol. The summed E-state index contributed by atoms with van der Waals surface area (Å²) >= 11 is 0. The highest BCUT2D eigenvalue weighted by Gasteiger charge is 2.30. The molecule has 0 saturated carbocycles. The number of likely N-dealkylation sites (tertiary alicyclic amines) is 1. The van der Waals surface area contributed by atoms with E-state index in [1.54, 1.807) is 6.07 Å². The topological polar surface area (TPSA) is 87.5 Å². The summed E-state index contributed by atoms with van der Waals surface area (Å²) in [5.74, 6) is -0.0338. The number of anilines is 2. The van der Waals surface area contributed by atoms with Gasteiger partial charge in [0.2, 0.25) is 0 Å². The highest BCUT2D eigenvalue weighted by atomic mass is 35.5. The molecule has 0 aromatic heterocycles. The Bertz CT molecular complexity index is 842. The SMILES string of the molecule is Cc1ccc(C(=O)N2CCCCC2C(C)N)cc1NC(=O)Nc1ccccc1.Cl. The molecule has 0 aliphatic carbocycles. The minimum absolute atomic E-state index is 0. The molecule has 0 bridgehead atoms. The zero-order chi connectivity index (χ0) is 20.1. The zero-order valence-corrected chi connectivity index (χ0v) is 17.7. The molecule has 2 aromatic rings. The molecule has 29 heavy (non-hydrogen) atoms. The molecule has 4 N–H and O–H groups in total. The maximum atomic E-state index is 13.1. The number of amides is 3. The van der Waals surface area contributed by atoms with Crippen LogP contribution in [0.5, 0.6) is 0 Å². The molecule has 1 aliphatic heterocycles. The van der Waals surface area contributed by atoms with Crippen LogP contribution < -0.4 is 16.4 Å². The lowest BCUT2D eigenvalue weighted by Gasteiger charge is -2.38. The first kappa shape index (κ1) is 22.7. The smallest absolute Gasteiger partial charge is 0.323 e. The number of urea groups is 1. The Morgan fingerprint density at radius 2 is 1.83 bits per heavy atom. The third-order valence-corrected chi connectivity index (χ3v) is 5.18. The molecule has 2 unspecified atom stereocenters. The third kappa shape index (κ3) is 5.71. The molecule has 2 atom stereocenters. The van der Waals surface area contributed by atoms with Gasteiger partial charge in [-0.25, -0.2) is 4.79 Å². The van der Waals surface area contributed by atoms with Crippen LogP contribution in [-0.2, 0) is 0 Å². The number of halogens is 1. The van der Waals surface area contributed by atoms with Crippen molar-refractivity contribution >= 4 is 35.7 Å². The number of aryl methyl sites for hydroxylation is 1. The van der Waals surface area contributed by atoms with Crippen LogP contribution in [0.25, 0.3) is 0 Å². The number of nitrogens with one attached hydrogen (secondary N) is 2. The van der Waals surface area contributed by atoms with Crippen molar-refractivity contribution in [2.45, 2.75) is 45.2 Å². The van der Waals surface area contributed by atoms with E-state index in [0.29, 0.717) is 16.9 Å². The lowest BCUT2D eigenvalue weighted by atomic mass is 9.95. The van der Waals surface area contributed by atoms with Crippen molar-refractivity contribution in [1.82, 2.24) is 4.90 Å². The van der Waals surface area contributed by atoms with Crippen LogP contribution in [0.4, 0.5) is 16.2 Å². The number of carbonyl (C=O) groups is 2. The number of benzene rings is 2. The maximum Gasteiger partial charge on any atom is 0.323 e. The first-order valence-corrected chi connectivity index (χ1v) is 9.76. The highest BCUT2D eigenvalue weighted by molar-refractivity contribution is 6.02. The van der Waals surface area contributed by atoms with E-state index in [1.807, 2.05) is 61.2 Å². The molecule has 1 heterocycles. The quantitative estimate of drug-likeness (QED) is 0.690. The van der Waals surface area contributed by atoms with Crippen molar-refractivity contribution in [1.29, 1.82) is 0 Å². The molecule has 1 saturated heterocycles. The Morgan fingerprint density at radius 1 is 1.10 bits per heavy atom. The second-order valence-corrected chi connectivity index (χ2v) is 7.40. The molecule has 0 spiro atoms. The largest absolute Gasteiger partial charge is 0.334 e. The van der Waals surface area contributed by atoms with E-state index in [-0.39, 0.29) is 36.4 Å². The molecular formula is C22H29ClN4O2. The number of para-hydroxylation sites is 1. The molecule has 7 heteroatoms. The number of piperidine rings is 1. The van der Waals surface area contributed by atoms with Crippen molar-refractivity contribution in [3.63, 3.8) is 0 Å². The summed E-state index contributed by atoms with van der Waals surface area (Å²) in [5.41, 5.74) is 8.89. The van der Waals surface area contributed by atoms with E-state index in [0.717, 1.165) is 31.4 Å². The molecule has 0 radical (unpaired) electrons. The first-order valence-electron chi connectivity index (χ1n) is 9.76. The number of hydrogen-bond acceptors (Lipinski definition) is 3. The van der Waals surface area contributed by atoms with Gasteiger partial charge < -0.3 is 21.3 Å². The summed E-state index contributed by atoms with van der Waals surface area (Å²) in [7, 11) is 0. The van der Waals surface area contributed by atoms with Gasteiger partial charge >= 0.3 is 6.03 Å². The van der Waals surface area contributed by atoms with Gasteiger partial charge in [-0.3, -0.25) is 4.79 Å². The van der Waals surface area contributed by atoms with Gasteiger partial charge in [-0.05, 0) is 62.9 Å². The Balaban J connectivity index is 0.00000300. The predicted molar refractivity (Wildman–Crippen MR) is 120 cm³/mol. The molecule has 3 rings (SSSR count). The summed E-state index contributed by atoms with van der Waals surface area (Å²) in [5, 5.41) is 5.64. The highest BCUT2D eigenvalue weighted by Crippen LogP contribution is 2.24. The van der Waals surface area contributed by atoms with Crippen molar-refractivity contribution in [2.75, 3.05) is 17.2 Å². The summed E-state index contributed by atoms with van der Waals surface area (Å²) < 4.78 is 0. The third-order valence-electron chi connectivity index (χ3n) is 5.18. The van der Waals surface area contributed by atoms with Crippen LogP contribution in [-0.4, -0.2) is 35.5 Å². The molecular weight excluding hydrogens is 388 g/mol. The fourth-order valence-corrected chi connectivity index (χ4v) is 3.62. The minimum atomic E-state index is -0.342. The number of hydrogen-bond donors (Lipinski definition) is 3. The molecule has 6 nitrogen and oxygen atoms in total.